The highest BCUT2D eigenvalue weighted by molar-refractivity contribution is 5.67. The van der Waals surface area contributed by atoms with Crippen molar-refractivity contribution in [3.63, 3.8) is 0 Å². The van der Waals surface area contributed by atoms with Gasteiger partial charge in [-0.1, -0.05) is 0 Å². The fourth-order valence-electron chi connectivity index (χ4n) is 0.540. The van der Waals surface area contributed by atoms with Gasteiger partial charge in [0.1, 0.15) is 0 Å². The molecule has 0 aromatic carbocycles. The van der Waals surface area contributed by atoms with Crippen molar-refractivity contribution in [2.75, 3.05) is 6.54 Å². The number of hydrogen-bond donors (Lipinski definition) is 4. The van der Waals surface area contributed by atoms with Gasteiger partial charge in [-0.15, -0.1) is 0 Å². The van der Waals surface area contributed by atoms with Crippen LogP contribution in [-0.4, -0.2) is 23.7 Å². The molecule has 1 atom stereocenters. The summed E-state index contributed by atoms with van der Waals surface area (Å²) in [4.78, 5) is 9.96. The van der Waals surface area contributed by atoms with E-state index in [4.69, 9.17) is 16.6 Å². The van der Waals surface area contributed by atoms with Gasteiger partial charge in [0.05, 0.1) is 6.42 Å². The Morgan fingerprint density at radius 3 is 2.40 bits per heavy atom. The Morgan fingerprint density at radius 2 is 2.10 bits per heavy atom. The normalized spacial score (nSPS) is 11.8. The van der Waals surface area contributed by atoms with E-state index in [1.54, 1.807) is 0 Å². The molecule has 0 fully saturated rings. The zero-order valence-corrected chi connectivity index (χ0v) is 5.92. The molecule has 8 N–H and O–H groups in total. The Morgan fingerprint density at radius 1 is 1.60 bits per heavy atom. The number of hydrogen-bond acceptors (Lipinski definition) is 4. The van der Waals surface area contributed by atoms with Crippen molar-refractivity contribution < 1.29 is 9.90 Å². The van der Waals surface area contributed by atoms with Crippen LogP contribution in [0.25, 0.3) is 0 Å². The second kappa shape index (κ2) is 6.47. The lowest BCUT2D eigenvalue weighted by Crippen LogP contribution is -2.26. The molecule has 0 aliphatic rings. The molecule has 0 saturated carbocycles. The summed E-state index contributed by atoms with van der Waals surface area (Å²) < 4.78 is 0. The van der Waals surface area contributed by atoms with Gasteiger partial charge in [0.25, 0.3) is 0 Å². The van der Waals surface area contributed by atoms with Gasteiger partial charge in [0.15, 0.2) is 0 Å². The summed E-state index contributed by atoms with van der Waals surface area (Å²) in [5, 5.41) is 8.19. The first-order chi connectivity index (χ1) is 4.16. The molecule has 0 spiro atoms. The molecule has 0 heterocycles. The number of carboxylic acid groups (broad SMARTS) is 1. The van der Waals surface area contributed by atoms with E-state index in [0.717, 1.165) is 0 Å². The molecule has 5 heteroatoms. The van der Waals surface area contributed by atoms with Crippen molar-refractivity contribution in [2.24, 2.45) is 11.5 Å². The largest absolute Gasteiger partial charge is 0.481 e. The molecule has 0 aliphatic heterocycles. The molecule has 0 rings (SSSR count). The average Bonchev–Trinajstić information content (AvgIpc) is 1.63. The number of carboxylic acids is 1. The molecule has 0 saturated heterocycles. The first-order valence-corrected chi connectivity index (χ1v) is 2.84. The molecular weight excluding hydrogens is 134 g/mol. The lowest BCUT2D eigenvalue weighted by molar-refractivity contribution is -0.137. The van der Waals surface area contributed by atoms with E-state index in [9.17, 15) is 4.79 Å². The number of rotatable bonds is 4. The minimum atomic E-state index is -0.865. The summed E-state index contributed by atoms with van der Waals surface area (Å²) in [6.07, 6.45) is 0.587. The van der Waals surface area contributed by atoms with Crippen LogP contribution in [0, 0.1) is 0 Å². The zero-order chi connectivity index (χ0) is 7.28. The fraction of sp³-hybridized carbons (Fsp3) is 0.800. The lowest BCUT2D eigenvalue weighted by atomic mass is 10.1. The van der Waals surface area contributed by atoms with Crippen molar-refractivity contribution in [1.29, 1.82) is 0 Å². The van der Waals surface area contributed by atoms with Crippen molar-refractivity contribution >= 4 is 5.97 Å². The second-order valence-corrected chi connectivity index (χ2v) is 1.94. The van der Waals surface area contributed by atoms with Gasteiger partial charge in [0, 0.05) is 6.04 Å². The Balaban J connectivity index is 0. The minimum absolute atomic E-state index is 0. The predicted octanol–water partition coefficient (Wildman–Crippen LogP) is -0.701. The van der Waals surface area contributed by atoms with E-state index in [2.05, 4.69) is 0 Å². The smallest absolute Gasteiger partial charge is 0.304 e. The Bertz CT molecular complexity index is 96.9. The van der Waals surface area contributed by atoms with Crippen molar-refractivity contribution in [1.82, 2.24) is 6.15 Å². The second-order valence-electron chi connectivity index (χ2n) is 1.94. The molecular formula is C5H15N3O2. The molecule has 0 aliphatic carbocycles. The highest BCUT2D eigenvalue weighted by atomic mass is 16.4. The lowest BCUT2D eigenvalue weighted by Gasteiger charge is -2.04. The Hall–Kier alpha value is -0.650. The Labute approximate surface area is 60.0 Å². The fourth-order valence-corrected chi connectivity index (χ4v) is 0.540. The van der Waals surface area contributed by atoms with Crippen LogP contribution < -0.4 is 17.6 Å². The molecule has 0 aromatic rings. The molecule has 1 unspecified atom stereocenters. The summed E-state index contributed by atoms with van der Waals surface area (Å²) in [5.41, 5.74) is 10.5. The van der Waals surface area contributed by atoms with Gasteiger partial charge < -0.3 is 22.7 Å². The van der Waals surface area contributed by atoms with Gasteiger partial charge in [-0.2, -0.15) is 0 Å². The number of nitrogens with two attached hydrogens (primary N) is 2. The zero-order valence-electron chi connectivity index (χ0n) is 5.92. The highest BCUT2D eigenvalue weighted by Crippen LogP contribution is 1.91. The van der Waals surface area contributed by atoms with E-state index in [-0.39, 0.29) is 18.6 Å². The van der Waals surface area contributed by atoms with Crippen LogP contribution in [0.15, 0.2) is 0 Å². The van der Waals surface area contributed by atoms with Crippen LogP contribution in [0.2, 0.25) is 0 Å². The van der Waals surface area contributed by atoms with Gasteiger partial charge in [-0.3, -0.25) is 4.79 Å². The molecule has 0 bridgehead atoms. The SMILES string of the molecule is N.NCCC(N)CC(=O)O. The standard InChI is InChI=1S/C5H12N2O2.H3N/c6-2-1-4(7)3-5(8)9;/h4H,1-3,6-7H2,(H,8,9);1H3. The predicted molar refractivity (Wildman–Crippen MR) is 38.9 cm³/mol. The molecule has 10 heavy (non-hydrogen) atoms. The summed E-state index contributed by atoms with van der Waals surface area (Å²) >= 11 is 0. The quantitative estimate of drug-likeness (QED) is 0.420. The molecule has 0 radical (unpaired) electrons. The first kappa shape index (κ1) is 12.1. The van der Waals surface area contributed by atoms with Crippen LogP contribution in [0.3, 0.4) is 0 Å². The van der Waals surface area contributed by atoms with Crippen molar-refractivity contribution in [3.05, 3.63) is 0 Å². The number of aliphatic carboxylic acids is 1. The first-order valence-electron chi connectivity index (χ1n) is 2.84. The maximum absolute atomic E-state index is 9.96. The van der Waals surface area contributed by atoms with Gasteiger partial charge >= 0.3 is 5.97 Å². The van der Waals surface area contributed by atoms with E-state index in [0.29, 0.717) is 13.0 Å². The van der Waals surface area contributed by atoms with Crippen LogP contribution in [0.5, 0.6) is 0 Å². The summed E-state index contributed by atoms with van der Waals surface area (Å²) in [5.74, 6) is -0.865. The third-order valence-electron chi connectivity index (χ3n) is 0.974. The van der Waals surface area contributed by atoms with Crippen molar-refractivity contribution in [3.8, 4) is 0 Å². The third kappa shape index (κ3) is 7.35. The molecule has 5 nitrogen and oxygen atoms in total. The average molecular weight is 149 g/mol. The van der Waals surface area contributed by atoms with Crippen molar-refractivity contribution in [2.45, 2.75) is 18.9 Å². The van der Waals surface area contributed by atoms with Crippen LogP contribution >= 0.6 is 0 Å². The maximum Gasteiger partial charge on any atom is 0.304 e. The van der Waals surface area contributed by atoms with Gasteiger partial charge in [-0.05, 0) is 13.0 Å². The molecule has 0 aromatic heterocycles. The summed E-state index contributed by atoms with van der Waals surface area (Å²) in [7, 11) is 0. The van der Waals surface area contributed by atoms with Crippen LogP contribution in [0.4, 0.5) is 0 Å². The minimum Gasteiger partial charge on any atom is -0.481 e. The van der Waals surface area contributed by atoms with Crippen LogP contribution in [0.1, 0.15) is 12.8 Å². The van der Waals surface area contributed by atoms with E-state index in [1.807, 2.05) is 0 Å². The topological polar surface area (TPSA) is 124 Å². The van der Waals surface area contributed by atoms with Crippen LogP contribution in [-0.2, 0) is 4.79 Å². The third-order valence-corrected chi connectivity index (χ3v) is 0.974. The summed E-state index contributed by atoms with van der Waals surface area (Å²) in [6.45, 7) is 0.453. The van der Waals surface area contributed by atoms with E-state index < -0.39 is 5.97 Å². The Kier molecular flexibility index (Phi) is 7.81. The molecule has 62 valence electrons. The van der Waals surface area contributed by atoms with Gasteiger partial charge in [-0.25, -0.2) is 0 Å². The maximum atomic E-state index is 9.96. The highest BCUT2D eigenvalue weighted by Gasteiger charge is 2.05. The van der Waals surface area contributed by atoms with Gasteiger partial charge in [0.2, 0.25) is 0 Å². The molecule has 0 amide bonds. The summed E-state index contributed by atoms with van der Waals surface area (Å²) in [6, 6.07) is -0.285. The van der Waals surface area contributed by atoms with E-state index in [1.165, 1.54) is 0 Å². The van der Waals surface area contributed by atoms with E-state index >= 15 is 0 Å². The number of carbonyl (C=O) groups is 1. The monoisotopic (exact) mass is 149 g/mol.